The highest BCUT2D eigenvalue weighted by molar-refractivity contribution is 5.45. The lowest BCUT2D eigenvalue weighted by molar-refractivity contribution is -0.102. The molecule has 1 N–H and O–H groups in total. The van der Waals surface area contributed by atoms with Gasteiger partial charge in [0.15, 0.2) is 0 Å². The van der Waals surface area contributed by atoms with Gasteiger partial charge < -0.3 is 19.5 Å². The Balaban J connectivity index is 1.90. The van der Waals surface area contributed by atoms with Gasteiger partial charge in [-0.15, -0.1) is 0 Å². The van der Waals surface area contributed by atoms with Crippen LogP contribution in [0.25, 0.3) is 0 Å². The van der Waals surface area contributed by atoms with Gasteiger partial charge in [0, 0.05) is 5.56 Å². The number of aryl methyl sites for hydroxylation is 1. The van der Waals surface area contributed by atoms with Gasteiger partial charge in [-0.1, -0.05) is 25.1 Å². The molecule has 0 aliphatic carbocycles. The monoisotopic (exact) mass is 277 g/mol. The van der Waals surface area contributed by atoms with Gasteiger partial charge in [-0.2, -0.15) is 0 Å². The van der Waals surface area contributed by atoms with Crippen LogP contribution in [0.2, 0.25) is 0 Å². The quantitative estimate of drug-likeness (QED) is 0.914. The Morgan fingerprint density at radius 1 is 1.30 bits per heavy atom. The number of benzene rings is 1. The van der Waals surface area contributed by atoms with Crippen molar-refractivity contribution in [2.45, 2.75) is 31.9 Å². The molecule has 0 amide bonds. The summed E-state index contributed by atoms with van der Waals surface area (Å²) in [5.41, 5.74) is 2.52. The molecule has 2 atom stereocenters. The molecule has 1 fully saturated rings. The molecule has 110 valence electrons. The smallest absolute Gasteiger partial charge is 0.127 e. The molecule has 4 nitrogen and oxygen atoms in total. The molecule has 2 aliphatic rings. The van der Waals surface area contributed by atoms with E-state index in [0.717, 1.165) is 31.7 Å². The van der Waals surface area contributed by atoms with Crippen molar-refractivity contribution in [3.63, 3.8) is 0 Å². The predicted octanol–water partition coefficient (Wildman–Crippen LogP) is 2.08. The van der Waals surface area contributed by atoms with Gasteiger partial charge in [-0.25, -0.2) is 0 Å². The molecule has 20 heavy (non-hydrogen) atoms. The first-order valence-electron chi connectivity index (χ1n) is 7.57. The molecule has 0 radical (unpaired) electrons. The molecule has 2 heterocycles. The van der Waals surface area contributed by atoms with E-state index >= 15 is 0 Å². The summed E-state index contributed by atoms with van der Waals surface area (Å²) < 4.78 is 17.4. The Morgan fingerprint density at radius 3 is 3.05 bits per heavy atom. The SMILES string of the molecule is CCNC(c1cccc2c1OCCC2)C1COCCO1. The first-order chi connectivity index (χ1) is 9.90. The van der Waals surface area contributed by atoms with Gasteiger partial charge in [0.25, 0.3) is 0 Å². The summed E-state index contributed by atoms with van der Waals surface area (Å²) in [5, 5.41) is 3.53. The van der Waals surface area contributed by atoms with Crippen LogP contribution in [0.15, 0.2) is 18.2 Å². The van der Waals surface area contributed by atoms with E-state index in [2.05, 4.69) is 30.4 Å². The zero-order valence-electron chi connectivity index (χ0n) is 12.1. The second-order valence-corrected chi connectivity index (χ2v) is 5.31. The minimum Gasteiger partial charge on any atom is -0.493 e. The second-order valence-electron chi connectivity index (χ2n) is 5.31. The summed E-state index contributed by atoms with van der Waals surface area (Å²) in [6, 6.07) is 6.57. The number of hydrogen-bond donors (Lipinski definition) is 1. The highest BCUT2D eigenvalue weighted by atomic mass is 16.6. The van der Waals surface area contributed by atoms with Crippen molar-refractivity contribution < 1.29 is 14.2 Å². The predicted molar refractivity (Wildman–Crippen MR) is 77.2 cm³/mol. The van der Waals surface area contributed by atoms with Crippen molar-refractivity contribution in [3.8, 4) is 5.75 Å². The molecule has 1 aromatic carbocycles. The van der Waals surface area contributed by atoms with Gasteiger partial charge in [0.05, 0.1) is 32.5 Å². The van der Waals surface area contributed by atoms with Crippen LogP contribution in [0.1, 0.15) is 30.5 Å². The molecule has 2 unspecified atom stereocenters. The lowest BCUT2D eigenvalue weighted by Gasteiger charge is -2.33. The van der Waals surface area contributed by atoms with Gasteiger partial charge in [0.1, 0.15) is 11.9 Å². The van der Waals surface area contributed by atoms with Gasteiger partial charge in [0.2, 0.25) is 0 Å². The Kier molecular flexibility index (Phi) is 4.55. The molecule has 0 aromatic heterocycles. The van der Waals surface area contributed by atoms with Crippen molar-refractivity contribution in [2.75, 3.05) is 33.0 Å². The largest absolute Gasteiger partial charge is 0.493 e. The highest BCUT2D eigenvalue weighted by Crippen LogP contribution is 2.35. The van der Waals surface area contributed by atoms with E-state index in [1.165, 1.54) is 11.1 Å². The zero-order chi connectivity index (χ0) is 13.8. The third-order valence-electron chi connectivity index (χ3n) is 3.94. The fourth-order valence-electron chi connectivity index (χ4n) is 3.02. The fourth-order valence-corrected chi connectivity index (χ4v) is 3.02. The minimum atomic E-state index is 0.0562. The van der Waals surface area contributed by atoms with Crippen molar-refractivity contribution in [1.82, 2.24) is 5.32 Å². The summed E-state index contributed by atoms with van der Waals surface area (Å²) >= 11 is 0. The van der Waals surface area contributed by atoms with Crippen LogP contribution in [0, 0.1) is 0 Å². The van der Waals surface area contributed by atoms with E-state index in [-0.39, 0.29) is 12.1 Å². The maximum Gasteiger partial charge on any atom is 0.127 e. The summed E-state index contributed by atoms with van der Waals surface area (Å²) in [4.78, 5) is 0. The van der Waals surface area contributed by atoms with Crippen LogP contribution in [0.5, 0.6) is 5.75 Å². The van der Waals surface area contributed by atoms with E-state index in [1.54, 1.807) is 0 Å². The molecule has 2 aliphatic heterocycles. The third-order valence-corrected chi connectivity index (χ3v) is 3.94. The summed E-state index contributed by atoms with van der Waals surface area (Å²) in [6.45, 7) is 5.83. The number of rotatable bonds is 4. The van der Waals surface area contributed by atoms with Gasteiger partial charge in [-0.05, 0) is 24.9 Å². The number of ether oxygens (including phenoxy) is 3. The minimum absolute atomic E-state index is 0.0562. The molecule has 1 aromatic rings. The van der Waals surface area contributed by atoms with Crippen LogP contribution >= 0.6 is 0 Å². The van der Waals surface area contributed by atoms with Crippen molar-refractivity contribution in [1.29, 1.82) is 0 Å². The zero-order valence-corrected chi connectivity index (χ0v) is 12.1. The van der Waals surface area contributed by atoms with E-state index in [4.69, 9.17) is 14.2 Å². The molecule has 0 spiro atoms. The second kappa shape index (κ2) is 6.57. The Morgan fingerprint density at radius 2 is 2.25 bits per heavy atom. The molecule has 3 rings (SSSR count). The first-order valence-corrected chi connectivity index (χ1v) is 7.57. The number of hydrogen-bond acceptors (Lipinski definition) is 4. The van der Waals surface area contributed by atoms with E-state index in [1.807, 2.05) is 0 Å². The van der Waals surface area contributed by atoms with Crippen LogP contribution in [0.4, 0.5) is 0 Å². The standard InChI is InChI=1S/C16H23NO3/c1-2-17-15(14-11-18-9-10-19-14)13-7-3-5-12-6-4-8-20-16(12)13/h3,5,7,14-15,17H,2,4,6,8-11H2,1H3. The topological polar surface area (TPSA) is 39.7 Å². The van der Waals surface area contributed by atoms with Crippen LogP contribution < -0.4 is 10.1 Å². The maximum absolute atomic E-state index is 5.94. The third kappa shape index (κ3) is 2.82. The number of fused-ring (bicyclic) bond motifs is 1. The average molecular weight is 277 g/mol. The van der Waals surface area contributed by atoms with Crippen molar-refractivity contribution in [3.05, 3.63) is 29.3 Å². The Hall–Kier alpha value is -1.10. The van der Waals surface area contributed by atoms with Crippen LogP contribution in [-0.4, -0.2) is 39.1 Å². The van der Waals surface area contributed by atoms with Gasteiger partial charge >= 0.3 is 0 Å². The normalized spacial score (nSPS) is 23.8. The first kappa shape index (κ1) is 13.9. The fraction of sp³-hybridized carbons (Fsp3) is 0.625. The summed E-state index contributed by atoms with van der Waals surface area (Å²) in [5.74, 6) is 1.05. The van der Waals surface area contributed by atoms with Crippen LogP contribution in [0.3, 0.4) is 0 Å². The summed E-state index contributed by atoms with van der Waals surface area (Å²) in [6.07, 6.45) is 2.26. The number of likely N-dealkylation sites (N-methyl/N-ethyl adjacent to an activating group) is 1. The average Bonchev–Trinajstić information content (AvgIpc) is 2.53. The lowest BCUT2D eigenvalue weighted by atomic mass is 9.95. The number of para-hydroxylation sites is 1. The van der Waals surface area contributed by atoms with E-state index in [9.17, 15) is 0 Å². The van der Waals surface area contributed by atoms with Crippen molar-refractivity contribution >= 4 is 0 Å². The molecule has 0 bridgehead atoms. The maximum atomic E-state index is 5.94. The van der Waals surface area contributed by atoms with E-state index < -0.39 is 0 Å². The highest BCUT2D eigenvalue weighted by Gasteiger charge is 2.29. The lowest BCUT2D eigenvalue weighted by Crippen LogP contribution is -2.41. The van der Waals surface area contributed by atoms with Crippen molar-refractivity contribution in [2.24, 2.45) is 0 Å². The van der Waals surface area contributed by atoms with Gasteiger partial charge in [-0.3, -0.25) is 0 Å². The number of nitrogens with one attached hydrogen (secondary N) is 1. The molecular formula is C16H23NO3. The molecule has 4 heteroatoms. The Labute approximate surface area is 120 Å². The molecular weight excluding hydrogens is 254 g/mol. The van der Waals surface area contributed by atoms with Crippen LogP contribution in [-0.2, 0) is 15.9 Å². The molecule has 1 saturated heterocycles. The van der Waals surface area contributed by atoms with E-state index in [0.29, 0.717) is 19.8 Å². The molecule has 0 saturated carbocycles. The summed E-state index contributed by atoms with van der Waals surface area (Å²) in [7, 11) is 0. The Bertz CT molecular complexity index is 443.